The molecule has 0 spiro atoms. The van der Waals surface area contributed by atoms with E-state index in [-0.39, 0.29) is 5.56 Å². The Bertz CT molecular complexity index is 1570. The monoisotopic (exact) mass is 484 g/mol. The smallest absolute Gasteiger partial charge is 0.295 e. The zero-order valence-corrected chi connectivity index (χ0v) is 21.4. The Morgan fingerprint density at radius 2 is 1.74 bits per heavy atom. The minimum absolute atomic E-state index is 0.0451. The highest BCUT2D eigenvalue weighted by atomic mass is 32.1. The molecule has 0 radical (unpaired) electrons. The predicted molar refractivity (Wildman–Crippen MR) is 142 cm³/mol. The summed E-state index contributed by atoms with van der Waals surface area (Å²) in [6, 6.07) is 19.9. The second kappa shape index (κ2) is 9.07. The lowest BCUT2D eigenvalue weighted by molar-refractivity contribution is 0.340. The molecule has 0 fully saturated rings. The molecule has 0 N–H and O–H groups in total. The number of hydrogen-bond acceptors (Lipinski definition) is 4. The van der Waals surface area contributed by atoms with Crippen LogP contribution in [-0.2, 0) is 7.05 Å². The van der Waals surface area contributed by atoms with E-state index >= 15 is 0 Å². The van der Waals surface area contributed by atoms with Crippen LogP contribution in [0.15, 0.2) is 70.8 Å². The van der Waals surface area contributed by atoms with E-state index in [2.05, 4.69) is 22.9 Å². The number of rotatable bonds is 6. The second-order valence-corrected chi connectivity index (χ2v) is 9.39. The lowest BCUT2D eigenvalue weighted by Crippen LogP contribution is -2.21. The molecule has 0 unspecified atom stereocenters. The molecule has 178 valence electrons. The van der Waals surface area contributed by atoms with Crippen molar-refractivity contribution >= 4 is 11.3 Å². The number of benzene rings is 2. The summed E-state index contributed by atoms with van der Waals surface area (Å²) in [5.41, 5.74) is 7.32. The van der Waals surface area contributed by atoms with Crippen molar-refractivity contribution in [2.75, 3.05) is 6.61 Å². The van der Waals surface area contributed by atoms with Gasteiger partial charge in [0.1, 0.15) is 16.4 Å². The SMILES string of the molecule is CCOc1cccc(-c2nc(-c3cc(C)n(-c4c(C)n(C)n(-c5ccccc5)c4=O)c3C)cs2)c1. The quantitative estimate of drug-likeness (QED) is 0.293. The van der Waals surface area contributed by atoms with Gasteiger partial charge in [-0.2, -0.15) is 0 Å². The van der Waals surface area contributed by atoms with Gasteiger partial charge in [-0.05, 0) is 58.0 Å². The van der Waals surface area contributed by atoms with Gasteiger partial charge < -0.3 is 9.30 Å². The van der Waals surface area contributed by atoms with Gasteiger partial charge in [-0.25, -0.2) is 9.67 Å². The molecule has 5 aromatic rings. The molecule has 3 aromatic heterocycles. The first-order chi connectivity index (χ1) is 16.9. The van der Waals surface area contributed by atoms with Crippen molar-refractivity contribution in [1.29, 1.82) is 0 Å². The Kier molecular flexibility index (Phi) is 5.94. The molecule has 5 rings (SSSR count). The summed E-state index contributed by atoms with van der Waals surface area (Å²) in [5, 5.41) is 3.02. The topological polar surface area (TPSA) is 54.0 Å². The fourth-order valence-electron chi connectivity index (χ4n) is 4.59. The highest BCUT2D eigenvalue weighted by Gasteiger charge is 2.23. The first-order valence-electron chi connectivity index (χ1n) is 11.6. The van der Waals surface area contributed by atoms with Crippen molar-refractivity contribution in [2.45, 2.75) is 27.7 Å². The molecule has 35 heavy (non-hydrogen) atoms. The molecular formula is C28H28N4O2S. The van der Waals surface area contributed by atoms with Crippen LogP contribution >= 0.6 is 11.3 Å². The summed E-state index contributed by atoms with van der Waals surface area (Å²) < 4.78 is 11.3. The minimum Gasteiger partial charge on any atom is -0.494 e. The predicted octanol–water partition coefficient (Wildman–Crippen LogP) is 6.08. The Morgan fingerprint density at radius 3 is 2.49 bits per heavy atom. The van der Waals surface area contributed by atoms with Gasteiger partial charge in [0, 0.05) is 34.9 Å². The number of ether oxygens (including phenoxy) is 1. The zero-order chi connectivity index (χ0) is 24.7. The van der Waals surface area contributed by atoms with Crippen LogP contribution < -0.4 is 10.3 Å². The van der Waals surface area contributed by atoms with Crippen molar-refractivity contribution in [1.82, 2.24) is 18.9 Å². The van der Waals surface area contributed by atoms with Crippen molar-refractivity contribution < 1.29 is 4.74 Å². The average Bonchev–Trinajstić information content (AvgIpc) is 3.51. The van der Waals surface area contributed by atoms with E-state index in [1.165, 1.54) is 0 Å². The molecule has 0 aliphatic rings. The molecule has 0 saturated carbocycles. The molecule has 0 aliphatic carbocycles. The van der Waals surface area contributed by atoms with Gasteiger partial charge >= 0.3 is 0 Å². The normalized spacial score (nSPS) is 11.2. The Labute approximate surface area is 208 Å². The van der Waals surface area contributed by atoms with Crippen LogP contribution in [0.2, 0.25) is 0 Å². The molecular weight excluding hydrogens is 456 g/mol. The van der Waals surface area contributed by atoms with Crippen molar-refractivity contribution in [3.8, 4) is 39.0 Å². The van der Waals surface area contributed by atoms with Crippen molar-refractivity contribution in [2.24, 2.45) is 7.05 Å². The van der Waals surface area contributed by atoms with E-state index in [1.807, 2.05) is 87.1 Å². The summed E-state index contributed by atoms with van der Waals surface area (Å²) >= 11 is 1.61. The van der Waals surface area contributed by atoms with E-state index in [4.69, 9.17) is 9.72 Å². The second-order valence-electron chi connectivity index (χ2n) is 8.53. The number of nitrogens with zero attached hydrogens (tertiary/aromatic N) is 4. The molecule has 3 heterocycles. The van der Waals surface area contributed by atoms with Crippen LogP contribution in [-0.4, -0.2) is 25.5 Å². The molecule has 2 aromatic carbocycles. The lowest BCUT2D eigenvalue weighted by Gasteiger charge is -2.08. The van der Waals surface area contributed by atoms with E-state index in [9.17, 15) is 4.79 Å². The van der Waals surface area contributed by atoms with Gasteiger partial charge in [0.2, 0.25) is 0 Å². The largest absolute Gasteiger partial charge is 0.494 e. The summed E-state index contributed by atoms with van der Waals surface area (Å²) in [6.45, 7) is 8.68. The zero-order valence-electron chi connectivity index (χ0n) is 20.6. The molecule has 0 amide bonds. The molecule has 6 nitrogen and oxygen atoms in total. The summed E-state index contributed by atoms with van der Waals surface area (Å²) in [4.78, 5) is 18.6. The minimum atomic E-state index is -0.0451. The van der Waals surface area contributed by atoms with Crippen LogP contribution in [0.1, 0.15) is 24.0 Å². The maximum Gasteiger partial charge on any atom is 0.295 e. The van der Waals surface area contributed by atoms with E-state index in [0.29, 0.717) is 12.3 Å². The molecule has 0 aliphatic heterocycles. The fourth-order valence-corrected chi connectivity index (χ4v) is 5.41. The van der Waals surface area contributed by atoms with Crippen LogP contribution in [0, 0.1) is 20.8 Å². The summed E-state index contributed by atoms with van der Waals surface area (Å²) in [6.07, 6.45) is 0. The number of thiazole rings is 1. The van der Waals surface area contributed by atoms with Crippen LogP contribution in [0.25, 0.3) is 33.2 Å². The lowest BCUT2D eigenvalue weighted by atomic mass is 10.2. The third-order valence-electron chi connectivity index (χ3n) is 6.35. The van der Waals surface area contributed by atoms with Gasteiger partial charge in [0.25, 0.3) is 5.56 Å². The summed E-state index contributed by atoms with van der Waals surface area (Å²) in [5.74, 6) is 0.842. The fraction of sp³-hybridized carbons (Fsp3) is 0.214. The average molecular weight is 485 g/mol. The summed E-state index contributed by atoms with van der Waals surface area (Å²) in [7, 11) is 1.92. The molecule has 0 bridgehead atoms. The maximum absolute atomic E-state index is 13.6. The number of hydrogen-bond donors (Lipinski definition) is 0. The third-order valence-corrected chi connectivity index (χ3v) is 7.24. The van der Waals surface area contributed by atoms with Gasteiger partial charge in [-0.15, -0.1) is 11.3 Å². The van der Waals surface area contributed by atoms with E-state index in [0.717, 1.165) is 50.3 Å². The standard InChI is InChI=1S/C28H28N4O2S/c1-6-34-23-14-10-11-21(16-23)27-29-25(17-35-27)24-15-18(2)31(19(24)3)26-20(4)30(5)32(28(26)33)22-12-8-7-9-13-22/h7-17H,6H2,1-5H3. The maximum atomic E-state index is 13.6. The first kappa shape index (κ1) is 22.9. The van der Waals surface area contributed by atoms with Crippen LogP contribution in [0.4, 0.5) is 0 Å². The highest BCUT2D eigenvalue weighted by Crippen LogP contribution is 2.34. The molecule has 0 atom stereocenters. The number of aryl methyl sites for hydroxylation is 1. The van der Waals surface area contributed by atoms with Crippen LogP contribution in [0.3, 0.4) is 0 Å². The molecule has 0 saturated heterocycles. The number of para-hydroxylation sites is 1. The van der Waals surface area contributed by atoms with E-state index in [1.54, 1.807) is 16.0 Å². The molecule has 7 heteroatoms. The Hall–Kier alpha value is -3.84. The first-order valence-corrected chi connectivity index (χ1v) is 12.5. The Balaban J connectivity index is 1.58. The van der Waals surface area contributed by atoms with Gasteiger partial charge in [0.15, 0.2) is 0 Å². The van der Waals surface area contributed by atoms with Crippen molar-refractivity contribution in [3.63, 3.8) is 0 Å². The highest BCUT2D eigenvalue weighted by molar-refractivity contribution is 7.13. The van der Waals surface area contributed by atoms with Gasteiger partial charge in [-0.1, -0.05) is 30.3 Å². The third kappa shape index (κ3) is 3.91. The van der Waals surface area contributed by atoms with Gasteiger partial charge in [-0.3, -0.25) is 9.48 Å². The van der Waals surface area contributed by atoms with E-state index < -0.39 is 0 Å². The number of aromatic nitrogens is 4. The Morgan fingerprint density at radius 1 is 0.971 bits per heavy atom. The van der Waals surface area contributed by atoms with Crippen LogP contribution in [0.5, 0.6) is 5.75 Å². The van der Waals surface area contributed by atoms with Crippen molar-refractivity contribution in [3.05, 3.63) is 93.5 Å². The van der Waals surface area contributed by atoms with Gasteiger partial charge in [0.05, 0.1) is 23.7 Å².